The van der Waals surface area contributed by atoms with Crippen LogP contribution in [-0.2, 0) is 14.6 Å². The van der Waals surface area contributed by atoms with Gasteiger partial charge in [0.1, 0.15) is 5.82 Å². The second-order valence-corrected chi connectivity index (χ2v) is 9.24. The van der Waals surface area contributed by atoms with E-state index >= 15 is 0 Å². The molecule has 0 bridgehead atoms. The van der Waals surface area contributed by atoms with Gasteiger partial charge in [-0.25, -0.2) is 12.8 Å². The number of benzene rings is 2. The molecule has 0 radical (unpaired) electrons. The molecule has 3 rings (SSSR count). The molecular weight excluding hydrogens is 397 g/mol. The maximum absolute atomic E-state index is 13.7. The second-order valence-electron chi connectivity index (χ2n) is 6.29. The Hall–Kier alpha value is -1.54. The van der Waals surface area contributed by atoms with Crippen molar-refractivity contribution in [3.05, 3.63) is 64.9 Å². The zero-order valence-corrected chi connectivity index (χ0v) is 16.2. The van der Waals surface area contributed by atoms with Gasteiger partial charge in [-0.15, -0.1) is 0 Å². The first kappa shape index (κ1) is 19.2. The topological polar surface area (TPSA) is 69.4 Å². The highest BCUT2D eigenvalue weighted by Gasteiger charge is 2.73. The molecule has 1 saturated carbocycles. The van der Waals surface area contributed by atoms with Crippen molar-refractivity contribution in [1.29, 1.82) is 0 Å². The number of thiocarbonyl (C=S) groups is 1. The van der Waals surface area contributed by atoms with E-state index in [-0.39, 0.29) is 16.5 Å². The summed E-state index contributed by atoms with van der Waals surface area (Å²) in [5.74, 6) is -1.04. The first-order chi connectivity index (χ1) is 12.2. The number of rotatable bonds is 6. The highest BCUT2D eigenvalue weighted by molar-refractivity contribution is 7.92. The van der Waals surface area contributed by atoms with Crippen molar-refractivity contribution in [1.82, 2.24) is 0 Å². The van der Waals surface area contributed by atoms with E-state index < -0.39 is 32.2 Å². The highest BCUT2D eigenvalue weighted by atomic mass is 35.5. The van der Waals surface area contributed by atoms with E-state index in [1.807, 2.05) is 0 Å². The first-order valence-electron chi connectivity index (χ1n) is 7.79. The number of methoxy groups -OCH3 is 1. The molecule has 1 aliphatic rings. The van der Waals surface area contributed by atoms with Gasteiger partial charge >= 0.3 is 0 Å². The normalized spacial score (nSPS) is 25.0. The Bertz CT molecular complexity index is 949. The van der Waals surface area contributed by atoms with Crippen LogP contribution in [-0.4, -0.2) is 32.4 Å². The number of sulfone groups is 1. The van der Waals surface area contributed by atoms with E-state index in [9.17, 15) is 12.8 Å². The Balaban J connectivity index is 2.13. The molecule has 1 fully saturated rings. The zero-order valence-electron chi connectivity index (χ0n) is 13.9. The molecule has 2 N–H and O–H groups in total. The molecule has 8 heteroatoms. The minimum Gasteiger partial charge on any atom is -0.393 e. The van der Waals surface area contributed by atoms with Gasteiger partial charge in [-0.05, 0) is 42.0 Å². The largest absolute Gasteiger partial charge is 0.393 e. The SMILES string of the molecule is COCC1(C(N)=S)C(c2cccc(F)c2)C1S(=O)(=O)c1ccc(Cl)cc1. The van der Waals surface area contributed by atoms with Crippen LogP contribution in [0.2, 0.25) is 5.02 Å². The standard InChI is InChI=1S/C18H17ClFNO3S2/c1-24-10-18(17(21)25)15(11-3-2-4-13(20)9-11)16(18)26(22,23)14-7-5-12(19)6-8-14/h2-9,15-16H,10H2,1H3,(H2,21,25). The molecule has 0 amide bonds. The van der Waals surface area contributed by atoms with Crippen molar-refractivity contribution in [2.45, 2.75) is 16.1 Å². The molecule has 0 aliphatic heterocycles. The number of hydrogen-bond acceptors (Lipinski definition) is 4. The average Bonchev–Trinajstić information content (AvgIpc) is 3.27. The van der Waals surface area contributed by atoms with Gasteiger partial charge in [0.2, 0.25) is 0 Å². The molecule has 0 heterocycles. The number of hydrogen-bond donors (Lipinski definition) is 1. The summed E-state index contributed by atoms with van der Waals surface area (Å²) >= 11 is 11.1. The number of halogens is 2. The Kier molecular flexibility index (Phi) is 5.09. The Morgan fingerprint density at radius 2 is 1.96 bits per heavy atom. The van der Waals surface area contributed by atoms with Crippen LogP contribution in [0.4, 0.5) is 4.39 Å². The Morgan fingerprint density at radius 3 is 2.50 bits per heavy atom. The fourth-order valence-electron chi connectivity index (χ4n) is 3.58. The minimum absolute atomic E-state index is 0.0288. The van der Waals surface area contributed by atoms with Crippen LogP contribution in [0.5, 0.6) is 0 Å². The number of nitrogens with two attached hydrogens (primary N) is 1. The van der Waals surface area contributed by atoms with Gasteiger partial charge in [-0.1, -0.05) is 36.0 Å². The van der Waals surface area contributed by atoms with Gasteiger partial charge in [0.15, 0.2) is 9.84 Å². The summed E-state index contributed by atoms with van der Waals surface area (Å²) in [4.78, 5) is 0.152. The summed E-state index contributed by atoms with van der Waals surface area (Å²) < 4.78 is 45.5. The average molecular weight is 414 g/mol. The predicted molar refractivity (Wildman–Crippen MR) is 103 cm³/mol. The van der Waals surface area contributed by atoms with E-state index in [1.165, 1.54) is 49.6 Å². The van der Waals surface area contributed by atoms with Crippen LogP contribution in [0, 0.1) is 11.2 Å². The molecule has 0 spiro atoms. The lowest BCUT2D eigenvalue weighted by Crippen LogP contribution is -2.33. The lowest BCUT2D eigenvalue weighted by atomic mass is 10.00. The van der Waals surface area contributed by atoms with Crippen LogP contribution < -0.4 is 5.73 Å². The van der Waals surface area contributed by atoms with Crippen molar-refractivity contribution < 1.29 is 17.5 Å². The smallest absolute Gasteiger partial charge is 0.182 e. The van der Waals surface area contributed by atoms with Crippen LogP contribution in [0.3, 0.4) is 0 Å². The summed E-state index contributed by atoms with van der Waals surface area (Å²) in [5.41, 5.74) is 5.38. The third-order valence-electron chi connectivity index (χ3n) is 4.78. The molecule has 2 aromatic rings. The molecular formula is C18H17ClFNO3S2. The molecule has 2 aromatic carbocycles. The molecule has 4 nitrogen and oxygen atoms in total. The summed E-state index contributed by atoms with van der Waals surface area (Å²) in [6.45, 7) is 0.0288. The number of ether oxygens (including phenoxy) is 1. The third-order valence-corrected chi connectivity index (χ3v) is 7.71. The maximum atomic E-state index is 13.7. The highest BCUT2D eigenvalue weighted by Crippen LogP contribution is 2.64. The quantitative estimate of drug-likeness (QED) is 0.735. The lowest BCUT2D eigenvalue weighted by molar-refractivity contribution is 0.166. The predicted octanol–water partition coefficient (Wildman–Crippen LogP) is 3.34. The molecule has 3 atom stereocenters. The zero-order chi connectivity index (χ0) is 19.1. The van der Waals surface area contributed by atoms with Crippen molar-refractivity contribution in [3.63, 3.8) is 0 Å². The third kappa shape index (κ3) is 3.03. The van der Waals surface area contributed by atoms with Gasteiger partial charge in [-0.2, -0.15) is 0 Å². The van der Waals surface area contributed by atoms with Crippen molar-refractivity contribution >= 4 is 38.6 Å². The van der Waals surface area contributed by atoms with Crippen molar-refractivity contribution in [2.75, 3.05) is 13.7 Å². The second kappa shape index (κ2) is 6.88. The van der Waals surface area contributed by atoms with E-state index in [0.29, 0.717) is 10.6 Å². The van der Waals surface area contributed by atoms with Gasteiger partial charge in [0, 0.05) is 18.1 Å². The van der Waals surface area contributed by atoms with E-state index in [4.69, 9.17) is 34.3 Å². The fourth-order valence-corrected chi connectivity index (χ4v) is 6.48. The van der Waals surface area contributed by atoms with Crippen molar-refractivity contribution in [2.24, 2.45) is 11.1 Å². The summed E-state index contributed by atoms with van der Waals surface area (Å²) in [6, 6.07) is 11.7. The molecule has 1 aliphatic carbocycles. The Morgan fingerprint density at radius 1 is 1.31 bits per heavy atom. The fraction of sp³-hybridized carbons (Fsp3) is 0.278. The van der Waals surface area contributed by atoms with E-state index in [0.717, 1.165) is 0 Å². The Labute approximate surface area is 162 Å². The summed E-state index contributed by atoms with van der Waals surface area (Å²) in [7, 11) is -2.34. The van der Waals surface area contributed by atoms with Gasteiger partial charge in [0.25, 0.3) is 0 Å². The van der Waals surface area contributed by atoms with Gasteiger partial charge in [-0.3, -0.25) is 0 Å². The van der Waals surface area contributed by atoms with Crippen LogP contribution in [0.15, 0.2) is 53.4 Å². The van der Waals surface area contributed by atoms with Crippen LogP contribution >= 0.6 is 23.8 Å². The summed E-state index contributed by atoms with van der Waals surface area (Å²) in [6.07, 6.45) is 0. The monoisotopic (exact) mass is 413 g/mol. The van der Waals surface area contributed by atoms with E-state index in [1.54, 1.807) is 6.07 Å². The van der Waals surface area contributed by atoms with Gasteiger partial charge < -0.3 is 10.5 Å². The van der Waals surface area contributed by atoms with Crippen LogP contribution in [0.1, 0.15) is 11.5 Å². The van der Waals surface area contributed by atoms with E-state index in [2.05, 4.69) is 0 Å². The molecule has 0 aromatic heterocycles. The molecule has 0 saturated heterocycles. The minimum atomic E-state index is -3.80. The first-order valence-corrected chi connectivity index (χ1v) is 10.1. The molecule has 138 valence electrons. The van der Waals surface area contributed by atoms with Gasteiger partial charge in [0.05, 0.1) is 27.2 Å². The van der Waals surface area contributed by atoms with Crippen LogP contribution in [0.25, 0.3) is 0 Å². The van der Waals surface area contributed by atoms with Crippen molar-refractivity contribution in [3.8, 4) is 0 Å². The molecule has 3 unspecified atom stereocenters. The molecule has 26 heavy (non-hydrogen) atoms. The lowest BCUT2D eigenvalue weighted by Gasteiger charge is -2.16. The summed E-state index contributed by atoms with van der Waals surface area (Å²) in [5, 5.41) is -0.505. The maximum Gasteiger partial charge on any atom is 0.182 e.